The summed E-state index contributed by atoms with van der Waals surface area (Å²) in [4.78, 5) is 5.21. The monoisotopic (exact) mass is 211 g/mol. The lowest BCUT2D eigenvalue weighted by atomic mass is 10.1. The quantitative estimate of drug-likeness (QED) is 0.741. The Kier molecular flexibility index (Phi) is 4.00. The van der Waals surface area contributed by atoms with Gasteiger partial charge in [0.05, 0.1) is 0 Å². The van der Waals surface area contributed by atoms with Crippen LogP contribution in [0.3, 0.4) is 0 Å². The van der Waals surface area contributed by atoms with Gasteiger partial charge in [-0.05, 0) is 45.9 Å². The third-order valence-corrected chi connectivity index (χ3v) is 4.06. The van der Waals surface area contributed by atoms with Crippen molar-refractivity contribution in [3.63, 3.8) is 0 Å². The van der Waals surface area contributed by atoms with Crippen molar-refractivity contribution in [2.24, 2.45) is 0 Å². The number of nitrogens with one attached hydrogen (secondary N) is 1. The van der Waals surface area contributed by atoms with Gasteiger partial charge in [0.1, 0.15) is 0 Å². The van der Waals surface area contributed by atoms with Crippen molar-refractivity contribution >= 4 is 0 Å². The SMILES string of the molecule is CCN1CCCC1CN(C)C1CCNC1. The maximum atomic E-state index is 3.45. The van der Waals surface area contributed by atoms with Gasteiger partial charge in [-0.15, -0.1) is 0 Å². The lowest BCUT2D eigenvalue weighted by Crippen LogP contribution is -2.43. The molecule has 2 atom stereocenters. The van der Waals surface area contributed by atoms with Crippen LogP contribution < -0.4 is 5.32 Å². The minimum Gasteiger partial charge on any atom is -0.315 e. The average molecular weight is 211 g/mol. The van der Waals surface area contributed by atoms with Crippen molar-refractivity contribution in [3.05, 3.63) is 0 Å². The van der Waals surface area contributed by atoms with Crippen molar-refractivity contribution in [2.75, 3.05) is 39.8 Å². The van der Waals surface area contributed by atoms with Gasteiger partial charge < -0.3 is 10.2 Å². The molecule has 0 radical (unpaired) electrons. The van der Waals surface area contributed by atoms with Gasteiger partial charge in [0.2, 0.25) is 0 Å². The third kappa shape index (κ3) is 2.71. The molecule has 0 aromatic rings. The molecule has 2 heterocycles. The summed E-state index contributed by atoms with van der Waals surface area (Å²) in [5, 5.41) is 3.45. The van der Waals surface area contributed by atoms with E-state index in [-0.39, 0.29) is 0 Å². The van der Waals surface area contributed by atoms with E-state index in [2.05, 4.69) is 29.1 Å². The highest BCUT2D eigenvalue weighted by Crippen LogP contribution is 2.18. The summed E-state index contributed by atoms with van der Waals surface area (Å²) in [6, 6.07) is 1.60. The molecule has 15 heavy (non-hydrogen) atoms. The molecule has 2 aliphatic rings. The summed E-state index contributed by atoms with van der Waals surface area (Å²) < 4.78 is 0. The topological polar surface area (TPSA) is 18.5 Å². The molecule has 2 unspecified atom stereocenters. The van der Waals surface area contributed by atoms with Crippen LogP contribution in [0.2, 0.25) is 0 Å². The Hall–Kier alpha value is -0.120. The molecule has 2 saturated heterocycles. The fourth-order valence-electron chi connectivity index (χ4n) is 3.02. The summed E-state index contributed by atoms with van der Waals surface area (Å²) in [6.45, 7) is 8.49. The summed E-state index contributed by atoms with van der Waals surface area (Å²) in [6.07, 6.45) is 4.13. The van der Waals surface area contributed by atoms with E-state index in [1.807, 2.05) is 0 Å². The molecule has 0 amide bonds. The Morgan fingerprint density at radius 2 is 2.27 bits per heavy atom. The van der Waals surface area contributed by atoms with Crippen LogP contribution in [0, 0.1) is 0 Å². The molecule has 1 N–H and O–H groups in total. The summed E-state index contributed by atoms with van der Waals surface area (Å²) >= 11 is 0. The number of nitrogens with zero attached hydrogens (tertiary/aromatic N) is 2. The number of rotatable bonds is 4. The van der Waals surface area contributed by atoms with Gasteiger partial charge in [-0.25, -0.2) is 0 Å². The number of hydrogen-bond acceptors (Lipinski definition) is 3. The first kappa shape index (κ1) is 11.4. The van der Waals surface area contributed by atoms with Gasteiger partial charge in [0.15, 0.2) is 0 Å². The number of hydrogen-bond donors (Lipinski definition) is 1. The molecule has 0 saturated carbocycles. The predicted octanol–water partition coefficient (Wildman–Crippen LogP) is 0.764. The van der Waals surface area contributed by atoms with Gasteiger partial charge in [-0.2, -0.15) is 0 Å². The molecular weight excluding hydrogens is 186 g/mol. The normalized spacial score (nSPS) is 33.0. The Balaban J connectivity index is 1.79. The van der Waals surface area contributed by atoms with E-state index < -0.39 is 0 Å². The van der Waals surface area contributed by atoms with Crippen LogP contribution in [0.15, 0.2) is 0 Å². The Morgan fingerprint density at radius 3 is 2.93 bits per heavy atom. The maximum absolute atomic E-state index is 3.45. The first-order chi connectivity index (χ1) is 7.31. The lowest BCUT2D eigenvalue weighted by Gasteiger charge is -2.30. The van der Waals surface area contributed by atoms with Crippen LogP contribution in [0.5, 0.6) is 0 Å². The van der Waals surface area contributed by atoms with Crippen LogP contribution in [0.25, 0.3) is 0 Å². The van der Waals surface area contributed by atoms with E-state index in [9.17, 15) is 0 Å². The molecule has 3 nitrogen and oxygen atoms in total. The van der Waals surface area contributed by atoms with Gasteiger partial charge in [0.25, 0.3) is 0 Å². The van der Waals surface area contributed by atoms with Crippen LogP contribution in [-0.4, -0.2) is 61.7 Å². The Morgan fingerprint density at radius 1 is 1.40 bits per heavy atom. The smallest absolute Gasteiger partial charge is 0.0230 e. The zero-order valence-electron chi connectivity index (χ0n) is 10.2. The van der Waals surface area contributed by atoms with Crippen LogP contribution >= 0.6 is 0 Å². The van der Waals surface area contributed by atoms with Crippen LogP contribution in [0.1, 0.15) is 26.2 Å². The molecular formula is C12H25N3. The van der Waals surface area contributed by atoms with Crippen molar-refractivity contribution in [2.45, 2.75) is 38.3 Å². The summed E-state index contributed by atoms with van der Waals surface area (Å²) in [5.74, 6) is 0. The first-order valence-electron chi connectivity index (χ1n) is 6.46. The minimum atomic E-state index is 0.782. The van der Waals surface area contributed by atoms with E-state index >= 15 is 0 Å². The average Bonchev–Trinajstić information content (AvgIpc) is 2.87. The maximum Gasteiger partial charge on any atom is 0.0230 e. The van der Waals surface area contributed by atoms with Gasteiger partial charge in [0, 0.05) is 25.2 Å². The summed E-state index contributed by atoms with van der Waals surface area (Å²) in [5.41, 5.74) is 0. The highest BCUT2D eigenvalue weighted by atomic mass is 15.2. The van der Waals surface area contributed by atoms with E-state index in [0.717, 1.165) is 12.1 Å². The van der Waals surface area contributed by atoms with Gasteiger partial charge in [-0.1, -0.05) is 6.92 Å². The molecule has 0 aliphatic carbocycles. The molecule has 0 bridgehead atoms. The molecule has 0 spiro atoms. The molecule has 3 heteroatoms. The van der Waals surface area contributed by atoms with E-state index in [1.54, 1.807) is 0 Å². The first-order valence-corrected chi connectivity index (χ1v) is 6.46. The van der Waals surface area contributed by atoms with Crippen LogP contribution in [0.4, 0.5) is 0 Å². The van der Waals surface area contributed by atoms with Crippen molar-refractivity contribution in [1.82, 2.24) is 15.1 Å². The molecule has 0 aromatic heterocycles. The van der Waals surface area contributed by atoms with Crippen LogP contribution in [-0.2, 0) is 0 Å². The number of likely N-dealkylation sites (tertiary alicyclic amines) is 1. The lowest BCUT2D eigenvalue weighted by molar-refractivity contribution is 0.169. The Labute approximate surface area is 93.8 Å². The number of likely N-dealkylation sites (N-methyl/N-ethyl adjacent to an activating group) is 2. The second-order valence-electron chi connectivity index (χ2n) is 5.01. The van der Waals surface area contributed by atoms with E-state index in [4.69, 9.17) is 0 Å². The molecule has 2 rings (SSSR count). The standard InChI is InChI=1S/C12H25N3/c1-3-15-8-4-5-12(15)10-14(2)11-6-7-13-9-11/h11-13H,3-10H2,1-2H3. The second-order valence-corrected chi connectivity index (χ2v) is 5.01. The fraction of sp³-hybridized carbons (Fsp3) is 1.00. The summed E-state index contributed by atoms with van der Waals surface area (Å²) in [7, 11) is 2.30. The molecule has 88 valence electrons. The highest BCUT2D eigenvalue weighted by molar-refractivity contribution is 4.85. The van der Waals surface area contributed by atoms with Gasteiger partial charge >= 0.3 is 0 Å². The second kappa shape index (κ2) is 5.28. The zero-order chi connectivity index (χ0) is 10.7. The molecule has 0 aromatic carbocycles. The zero-order valence-corrected chi connectivity index (χ0v) is 10.2. The largest absolute Gasteiger partial charge is 0.315 e. The third-order valence-electron chi connectivity index (χ3n) is 4.06. The highest BCUT2D eigenvalue weighted by Gasteiger charge is 2.27. The Bertz CT molecular complexity index is 189. The van der Waals surface area contributed by atoms with Crippen molar-refractivity contribution in [3.8, 4) is 0 Å². The molecule has 2 aliphatic heterocycles. The predicted molar refractivity (Wildman–Crippen MR) is 64.2 cm³/mol. The minimum absolute atomic E-state index is 0.782. The van der Waals surface area contributed by atoms with Gasteiger partial charge in [-0.3, -0.25) is 4.90 Å². The van der Waals surface area contributed by atoms with Crippen molar-refractivity contribution in [1.29, 1.82) is 0 Å². The molecule has 2 fully saturated rings. The van der Waals surface area contributed by atoms with E-state index in [0.29, 0.717) is 0 Å². The van der Waals surface area contributed by atoms with Crippen molar-refractivity contribution < 1.29 is 0 Å². The fourth-order valence-corrected chi connectivity index (χ4v) is 3.02. The van der Waals surface area contributed by atoms with E-state index in [1.165, 1.54) is 52.0 Å².